The van der Waals surface area contributed by atoms with E-state index in [0.717, 1.165) is 0 Å². The summed E-state index contributed by atoms with van der Waals surface area (Å²) >= 11 is 0. The van der Waals surface area contributed by atoms with Gasteiger partial charge in [0.05, 0.1) is 13.5 Å². The zero-order valence-corrected chi connectivity index (χ0v) is 14.5. The van der Waals surface area contributed by atoms with Gasteiger partial charge in [0, 0.05) is 12.6 Å². The molecule has 0 aromatic heterocycles. The predicted molar refractivity (Wildman–Crippen MR) is 90.7 cm³/mol. The molecular formula is C17H17NO6S. The molecule has 25 heavy (non-hydrogen) atoms. The lowest BCUT2D eigenvalue weighted by Gasteiger charge is -2.09. The summed E-state index contributed by atoms with van der Waals surface area (Å²) in [6.45, 7) is 1.36. The highest BCUT2D eigenvalue weighted by Gasteiger charge is 2.16. The van der Waals surface area contributed by atoms with Crippen molar-refractivity contribution < 1.29 is 26.9 Å². The van der Waals surface area contributed by atoms with Gasteiger partial charge in [0.1, 0.15) is 10.6 Å². The number of benzene rings is 2. The number of anilines is 1. The quantitative estimate of drug-likeness (QED) is 0.623. The summed E-state index contributed by atoms with van der Waals surface area (Å²) in [6, 6.07) is 11.7. The van der Waals surface area contributed by atoms with Crippen molar-refractivity contribution in [2.45, 2.75) is 18.2 Å². The van der Waals surface area contributed by atoms with Crippen molar-refractivity contribution in [2.75, 3.05) is 12.4 Å². The van der Waals surface area contributed by atoms with E-state index >= 15 is 0 Å². The summed E-state index contributed by atoms with van der Waals surface area (Å²) < 4.78 is 34.1. The maximum atomic E-state index is 12.3. The van der Waals surface area contributed by atoms with Crippen molar-refractivity contribution in [2.24, 2.45) is 0 Å². The lowest BCUT2D eigenvalue weighted by Crippen LogP contribution is -2.11. The summed E-state index contributed by atoms with van der Waals surface area (Å²) in [5, 5.41) is 2.55. The van der Waals surface area contributed by atoms with Gasteiger partial charge in [0.2, 0.25) is 5.91 Å². The number of hydrogen-bond donors (Lipinski definition) is 1. The van der Waals surface area contributed by atoms with Crippen LogP contribution in [0.3, 0.4) is 0 Å². The van der Waals surface area contributed by atoms with Crippen LogP contribution in [-0.4, -0.2) is 27.4 Å². The third kappa shape index (κ3) is 5.32. The lowest BCUT2D eigenvalue weighted by molar-refractivity contribution is -0.139. The number of amides is 1. The predicted octanol–water partition coefficient (Wildman–Crippen LogP) is 2.13. The van der Waals surface area contributed by atoms with Gasteiger partial charge in [-0.05, 0) is 42.0 Å². The van der Waals surface area contributed by atoms with Gasteiger partial charge >= 0.3 is 16.1 Å². The van der Waals surface area contributed by atoms with Crippen molar-refractivity contribution in [3.63, 3.8) is 0 Å². The van der Waals surface area contributed by atoms with Crippen LogP contribution in [0.25, 0.3) is 0 Å². The molecule has 0 fully saturated rings. The fourth-order valence-electron chi connectivity index (χ4n) is 1.98. The average Bonchev–Trinajstić information content (AvgIpc) is 2.56. The smallest absolute Gasteiger partial charge is 0.339 e. The molecule has 0 aliphatic rings. The van der Waals surface area contributed by atoms with Gasteiger partial charge in [-0.15, -0.1) is 0 Å². The van der Waals surface area contributed by atoms with Gasteiger partial charge in [-0.1, -0.05) is 12.1 Å². The van der Waals surface area contributed by atoms with E-state index in [-0.39, 0.29) is 28.9 Å². The fourth-order valence-corrected chi connectivity index (χ4v) is 2.91. The van der Waals surface area contributed by atoms with Gasteiger partial charge in [-0.2, -0.15) is 8.42 Å². The summed E-state index contributed by atoms with van der Waals surface area (Å²) in [5.41, 5.74) is 1.16. The third-order valence-corrected chi connectivity index (χ3v) is 4.43. The minimum atomic E-state index is -4.00. The Bertz CT molecular complexity index is 857. The molecule has 1 N–H and O–H groups in total. The SMILES string of the molecule is COC(=O)Cc1ccc(OS(=O)(=O)c2ccc(NC(C)=O)cc2)cc1. The van der Waals surface area contributed by atoms with E-state index in [1.165, 1.54) is 50.4 Å². The molecule has 2 rings (SSSR count). The van der Waals surface area contributed by atoms with Crippen LogP contribution >= 0.6 is 0 Å². The number of carbonyl (C=O) groups is 2. The van der Waals surface area contributed by atoms with Crippen LogP contribution in [0, 0.1) is 0 Å². The molecule has 0 spiro atoms. The van der Waals surface area contributed by atoms with Crippen LogP contribution in [0.15, 0.2) is 53.4 Å². The zero-order chi connectivity index (χ0) is 18.4. The first-order valence-corrected chi connectivity index (χ1v) is 8.69. The second-order valence-electron chi connectivity index (χ2n) is 5.14. The number of ether oxygens (including phenoxy) is 1. The number of rotatable bonds is 6. The van der Waals surface area contributed by atoms with E-state index in [0.29, 0.717) is 11.3 Å². The van der Waals surface area contributed by atoms with Crippen LogP contribution in [-0.2, 0) is 30.9 Å². The highest BCUT2D eigenvalue weighted by Crippen LogP contribution is 2.21. The molecule has 2 aromatic rings. The topological polar surface area (TPSA) is 98.8 Å². The monoisotopic (exact) mass is 363 g/mol. The first-order valence-electron chi connectivity index (χ1n) is 7.28. The van der Waals surface area contributed by atoms with Gasteiger partial charge in [-0.25, -0.2) is 0 Å². The van der Waals surface area contributed by atoms with Crippen molar-refractivity contribution in [3.05, 3.63) is 54.1 Å². The molecular weight excluding hydrogens is 346 g/mol. The summed E-state index contributed by atoms with van der Waals surface area (Å²) in [5.74, 6) is -0.515. The van der Waals surface area contributed by atoms with Crippen molar-refractivity contribution in [1.82, 2.24) is 0 Å². The number of carbonyl (C=O) groups excluding carboxylic acids is 2. The highest BCUT2D eigenvalue weighted by molar-refractivity contribution is 7.87. The standard InChI is InChI=1S/C17H17NO6S/c1-12(19)18-14-5-9-16(10-6-14)25(21,22)24-15-7-3-13(4-8-15)11-17(20)23-2/h3-10H,11H2,1-2H3,(H,18,19). The average molecular weight is 363 g/mol. The molecule has 0 unspecified atom stereocenters. The van der Waals surface area contributed by atoms with Crippen LogP contribution in [0.2, 0.25) is 0 Å². The van der Waals surface area contributed by atoms with Crippen molar-refractivity contribution >= 4 is 27.7 Å². The van der Waals surface area contributed by atoms with Gasteiger partial charge in [-0.3, -0.25) is 9.59 Å². The summed E-state index contributed by atoms with van der Waals surface area (Å²) in [7, 11) is -2.71. The van der Waals surface area contributed by atoms with E-state index in [1.807, 2.05) is 0 Å². The highest BCUT2D eigenvalue weighted by atomic mass is 32.2. The molecule has 7 nitrogen and oxygen atoms in total. The minimum Gasteiger partial charge on any atom is -0.469 e. The second-order valence-corrected chi connectivity index (χ2v) is 6.69. The van der Waals surface area contributed by atoms with Gasteiger partial charge < -0.3 is 14.2 Å². The molecule has 0 aliphatic carbocycles. The Morgan fingerprint density at radius 1 is 1.00 bits per heavy atom. The molecule has 0 radical (unpaired) electrons. The summed E-state index contributed by atoms with van der Waals surface area (Å²) in [4.78, 5) is 22.1. The lowest BCUT2D eigenvalue weighted by atomic mass is 10.1. The maximum Gasteiger partial charge on any atom is 0.339 e. The second kappa shape index (κ2) is 7.80. The molecule has 132 valence electrons. The molecule has 8 heteroatoms. The number of methoxy groups -OCH3 is 1. The first kappa shape index (κ1) is 18.5. The Hall–Kier alpha value is -2.87. The van der Waals surface area contributed by atoms with E-state index in [9.17, 15) is 18.0 Å². The number of esters is 1. The van der Waals surface area contributed by atoms with Gasteiger partial charge in [0.25, 0.3) is 0 Å². The fraction of sp³-hybridized carbons (Fsp3) is 0.176. The molecule has 0 bridgehead atoms. The van der Waals surface area contributed by atoms with Crippen LogP contribution in [0.4, 0.5) is 5.69 Å². The molecule has 0 atom stereocenters. The van der Waals surface area contributed by atoms with E-state index < -0.39 is 10.1 Å². The Labute approximate surface area is 145 Å². The Morgan fingerprint density at radius 3 is 2.12 bits per heavy atom. The third-order valence-electron chi connectivity index (χ3n) is 3.17. The van der Waals surface area contributed by atoms with E-state index in [2.05, 4.69) is 10.1 Å². The van der Waals surface area contributed by atoms with E-state index in [1.54, 1.807) is 12.1 Å². The molecule has 0 aliphatic heterocycles. The minimum absolute atomic E-state index is 0.0414. The molecule has 0 saturated carbocycles. The maximum absolute atomic E-state index is 12.3. The molecule has 1 amide bonds. The Balaban J connectivity index is 2.10. The van der Waals surface area contributed by atoms with Crippen LogP contribution in [0.5, 0.6) is 5.75 Å². The zero-order valence-electron chi connectivity index (χ0n) is 13.7. The van der Waals surface area contributed by atoms with E-state index in [4.69, 9.17) is 4.18 Å². The summed E-state index contributed by atoms with van der Waals surface area (Å²) in [6.07, 6.45) is 0.0914. The van der Waals surface area contributed by atoms with Crippen LogP contribution in [0.1, 0.15) is 12.5 Å². The Morgan fingerprint density at radius 2 is 1.60 bits per heavy atom. The largest absolute Gasteiger partial charge is 0.469 e. The number of nitrogens with one attached hydrogen (secondary N) is 1. The van der Waals surface area contributed by atoms with Crippen molar-refractivity contribution in [1.29, 1.82) is 0 Å². The molecule has 2 aromatic carbocycles. The normalized spacial score (nSPS) is 10.8. The molecule has 0 saturated heterocycles. The number of hydrogen-bond acceptors (Lipinski definition) is 6. The van der Waals surface area contributed by atoms with Crippen molar-refractivity contribution in [3.8, 4) is 5.75 Å². The molecule has 0 heterocycles. The van der Waals surface area contributed by atoms with Gasteiger partial charge in [0.15, 0.2) is 0 Å². The Kier molecular flexibility index (Phi) is 5.76. The first-order chi connectivity index (χ1) is 11.8. The van der Waals surface area contributed by atoms with Crippen LogP contribution < -0.4 is 9.50 Å².